The average molecular weight is 299 g/mol. The van der Waals surface area contributed by atoms with Gasteiger partial charge in [0.1, 0.15) is 0 Å². The number of sulfonamides is 1. The monoisotopic (exact) mass is 299 g/mol. The molecule has 1 aliphatic rings. The van der Waals surface area contributed by atoms with Crippen molar-refractivity contribution >= 4 is 10.0 Å². The molecular weight excluding hydrogens is 278 g/mol. The maximum atomic E-state index is 12.5. The van der Waals surface area contributed by atoms with Gasteiger partial charge in [-0.15, -0.1) is 0 Å². The SMILES string of the molecule is NCc1ccc(S(=O)(=O)N2CCN(CCO)CC2)cc1. The van der Waals surface area contributed by atoms with Crippen molar-refractivity contribution < 1.29 is 13.5 Å². The lowest BCUT2D eigenvalue weighted by atomic mass is 10.2. The highest BCUT2D eigenvalue weighted by Gasteiger charge is 2.28. The summed E-state index contributed by atoms with van der Waals surface area (Å²) in [5.74, 6) is 0. The van der Waals surface area contributed by atoms with E-state index in [2.05, 4.69) is 4.90 Å². The molecule has 1 aromatic carbocycles. The smallest absolute Gasteiger partial charge is 0.243 e. The van der Waals surface area contributed by atoms with E-state index in [1.54, 1.807) is 24.3 Å². The lowest BCUT2D eigenvalue weighted by Crippen LogP contribution is -2.49. The molecule has 1 aliphatic heterocycles. The van der Waals surface area contributed by atoms with Gasteiger partial charge in [-0.1, -0.05) is 12.1 Å². The van der Waals surface area contributed by atoms with E-state index in [-0.39, 0.29) is 6.61 Å². The lowest BCUT2D eigenvalue weighted by molar-refractivity contribution is 0.151. The topological polar surface area (TPSA) is 86.9 Å². The third-order valence-corrected chi connectivity index (χ3v) is 5.46. The number of aliphatic hydroxyl groups excluding tert-OH is 1. The van der Waals surface area contributed by atoms with Crippen molar-refractivity contribution in [1.29, 1.82) is 0 Å². The fraction of sp³-hybridized carbons (Fsp3) is 0.538. The summed E-state index contributed by atoms with van der Waals surface area (Å²) in [6.45, 7) is 3.33. The van der Waals surface area contributed by atoms with E-state index in [0.717, 1.165) is 5.56 Å². The molecule has 1 aromatic rings. The number of aliphatic hydroxyl groups is 1. The molecule has 3 N–H and O–H groups in total. The maximum absolute atomic E-state index is 12.5. The normalized spacial score (nSPS) is 18.3. The van der Waals surface area contributed by atoms with Crippen LogP contribution < -0.4 is 5.73 Å². The number of piperazine rings is 1. The molecule has 0 bridgehead atoms. The first-order chi connectivity index (χ1) is 9.57. The zero-order valence-corrected chi connectivity index (χ0v) is 12.2. The highest BCUT2D eigenvalue weighted by molar-refractivity contribution is 7.89. The van der Waals surface area contributed by atoms with E-state index >= 15 is 0 Å². The van der Waals surface area contributed by atoms with Gasteiger partial charge in [0.25, 0.3) is 0 Å². The molecule has 0 unspecified atom stereocenters. The van der Waals surface area contributed by atoms with Gasteiger partial charge in [-0.2, -0.15) is 4.31 Å². The van der Waals surface area contributed by atoms with E-state index in [0.29, 0.717) is 44.2 Å². The van der Waals surface area contributed by atoms with Gasteiger partial charge in [-0.25, -0.2) is 8.42 Å². The summed E-state index contributed by atoms with van der Waals surface area (Å²) < 4.78 is 26.5. The summed E-state index contributed by atoms with van der Waals surface area (Å²) in [5.41, 5.74) is 6.42. The first-order valence-electron chi connectivity index (χ1n) is 6.70. The largest absolute Gasteiger partial charge is 0.395 e. The minimum Gasteiger partial charge on any atom is -0.395 e. The standard InChI is InChI=1S/C13H21N3O3S/c14-11-12-1-3-13(4-2-12)20(18,19)16-7-5-15(6-8-16)9-10-17/h1-4,17H,5-11,14H2. The summed E-state index contributed by atoms with van der Waals surface area (Å²) in [4.78, 5) is 2.37. The minimum absolute atomic E-state index is 0.104. The van der Waals surface area contributed by atoms with Crippen LogP contribution in [0, 0.1) is 0 Å². The third kappa shape index (κ3) is 3.36. The number of β-amino-alcohol motifs (C(OH)–C–C–N with tert-alkyl or cyclic N) is 1. The van der Waals surface area contributed by atoms with Crippen LogP contribution in [0.25, 0.3) is 0 Å². The van der Waals surface area contributed by atoms with Gasteiger partial charge >= 0.3 is 0 Å². The highest BCUT2D eigenvalue weighted by Crippen LogP contribution is 2.18. The average Bonchev–Trinajstić information content (AvgIpc) is 2.48. The van der Waals surface area contributed by atoms with E-state index in [1.807, 2.05) is 0 Å². The number of rotatable bonds is 5. The summed E-state index contributed by atoms with van der Waals surface area (Å²) in [5, 5.41) is 8.89. The lowest BCUT2D eigenvalue weighted by Gasteiger charge is -2.33. The Hall–Kier alpha value is -0.990. The van der Waals surface area contributed by atoms with E-state index in [4.69, 9.17) is 10.8 Å². The van der Waals surface area contributed by atoms with Gasteiger partial charge in [0.05, 0.1) is 11.5 Å². The van der Waals surface area contributed by atoms with Gasteiger partial charge in [0.15, 0.2) is 0 Å². The molecule has 2 rings (SSSR count). The maximum Gasteiger partial charge on any atom is 0.243 e. The molecule has 0 aliphatic carbocycles. The summed E-state index contributed by atoms with van der Waals surface area (Å²) in [6.07, 6.45) is 0. The van der Waals surface area contributed by atoms with Crippen molar-refractivity contribution in [3.8, 4) is 0 Å². The fourth-order valence-corrected chi connectivity index (χ4v) is 3.70. The number of nitrogens with two attached hydrogens (primary N) is 1. The zero-order chi connectivity index (χ0) is 14.6. The predicted molar refractivity (Wildman–Crippen MR) is 76.6 cm³/mol. The molecule has 0 spiro atoms. The van der Waals surface area contributed by atoms with Crippen LogP contribution in [0.15, 0.2) is 29.2 Å². The molecule has 6 nitrogen and oxygen atoms in total. The van der Waals surface area contributed by atoms with Gasteiger partial charge in [0, 0.05) is 39.3 Å². The Bertz CT molecular complexity index is 522. The molecule has 7 heteroatoms. The Morgan fingerprint density at radius 2 is 1.70 bits per heavy atom. The first kappa shape index (κ1) is 15.4. The van der Waals surface area contributed by atoms with Gasteiger partial charge in [-0.3, -0.25) is 4.90 Å². The molecule has 0 saturated carbocycles. The van der Waals surface area contributed by atoms with Crippen LogP contribution in [0.3, 0.4) is 0 Å². The van der Waals surface area contributed by atoms with Crippen LogP contribution in [-0.2, 0) is 16.6 Å². The Morgan fingerprint density at radius 3 is 2.20 bits per heavy atom. The molecule has 0 aromatic heterocycles. The Kier molecular flexibility index (Phi) is 5.11. The Labute approximate surface area is 119 Å². The third-order valence-electron chi connectivity index (χ3n) is 3.54. The summed E-state index contributed by atoms with van der Waals surface area (Å²) in [6, 6.07) is 6.71. The second-order valence-electron chi connectivity index (χ2n) is 4.82. The van der Waals surface area contributed by atoms with Crippen LogP contribution in [0.2, 0.25) is 0 Å². The van der Waals surface area contributed by atoms with Crippen molar-refractivity contribution in [3.05, 3.63) is 29.8 Å². The molecule has 1 fully saturated rings. The van der Waals surface area contributed by atoms with Crippen LogP contribution in [-0.4, -0.2) is 62.1 Å². The second-order valence-corrected chi connectivity index (χ2v) is 6.76. The van der Waals surface area contributed by atoms with Crippen LogP contribution in [0.1, 0.15) is 5.56 Å². The Morgan fingerprint density at radius 1 is 1.10 bits per heavy atom. The first-order valence-corrected chi connectivity index (χ1v) is 8.14. The molecule has 1 saturated heterocycles. The minimum atomic E-state index is -3.42. The number of benzene rings is 1. The Balaban J connectivity index is 2.07. The van der Waals surface area contributed by atoms with Crippen LogP contribution in [0.4, 0.5) is 0 Å². The van der Waals surface area contributed by atoms with Gasteiger partial charge < -0.3 is 10.8 Å². The molecule has 0 amide bonds. The summed E-state index contributed by atoms with van der Waals surface area (Å²) in [7, 11) is -3.42. The van der Waals surface area contributed by atoms with Crippen molar-refractivity contribution in [2.24, 2.45) is 5.73 Å². The van der Waals surface area contributed by atoms with E-state index in [1.165, 1.54) is 4.31 Å². The molecule has 1 heterocycles. The van der Waals surface area contributed by atoms with Crippen molar-refractivity contribution in [2.45, 2.75) is 11.4 Å². The number of hydrogen-bond donors (Lipinski definition) is 2. The van der Waals surface area contributed by atoms with Crippen molar-refractivity contribution in [3.63, 3.8) is 0 Å². The van der Waals surface area contributed by atoms with Crippen molar-refractivity contribution in [1.82, 2.24) is 9.21 Å². The van der Waals surface area contributed by atoms with Gasteiger partial charge in [-0.05, 0) is 17.7 Å². The molecule has 0 radical (unpaired) electrons. The quantitative estimate of drug-likeness (QED) is 0.761. The number of hydrogen-bond acceptors (Lipinski definition) is 5. The molecule has 0 atom stereocenters. The molecule has 20 heavy (non-hydrogen) atoms. The molecule has 112 valence electrons. The molecular formula is C13H21N3O3S. The number of nitrogens with zero attached hydrogens (tertiary/aromatic N) is 2. The summed E-state index contributed by atoms with van der Waals surface area (Å²) >= 11 is 0. The highest BCUT2D eigenvalue weighted by atomic mass is 32.2. The van der Waals surface area contributed by atoms with Crippen molar-refractivity contribution in [2.75, 3.05) is 39.3 Å². The van der Waals surface area contributed by atoms with Gasteiger partial charge in [0.2, 0.25) is 10.0 Å². The second kappa shape index (κ2) is 6.64. The van der Waals surface area contributed by atoms with Crippen LogP contribution in [0.5, 0.6) is 0 Å². The van der Waals surface area contributed by atoms with E-state index in [9.17, 15) is 8.42 Å². The fourth-order valence-electron chi connectivity index (χ4n) is 2.28. The predicted octanol–water partition coefficient (Wildman–Crippen LogP) is -0.556. The zero-order valence-electron chi connectivity index (χ0n) is 11.4. The van der Waals surface area contributed by atoms with E-state index < -0.39 is 10.0 Å². The van der Waals surface area contributed by atoms with Crippen LogP contribution >= 0.6 is 0 Å².